The van der Waals surface area contributed by atoms with Crippen molar-refractivity contribution in [1.82, 2.24) is 4.68 Å². The van der Waals surface area contributed by atoms with Crippen molar-refractivity contribution in [2.75, 3.05) is 16.1 Å². The first-order valence-electron chi connectivity index (χ1n) is 9.66. The zero-order valence-corrected chi connectivity index (χ0v) is 20.9. The van der Waals surface area contributed by atoms with Gasteiger partial charge in [0.2, 0.25) is 0 Å². The molecule has 0 saturated carbocycles. The van der Waals surface area contributed by atoms with Crippen LogP contribution in [-0.4, -0.2) is 22.4 Å². The summed E-state index contributed by atoms with van der Waals surface area (Å²) in [5.41, 5.74) is 3.82. The van der Waals surface area contributed by atoms with Crippen LogP contribution in [0, 0.1) is 0 Å². The fraction of sp³-hybridized carbons (Fsp3) is 0. The number of hydrogen-bond donors (Lipinski definition) is 3. The lowest BCUT2D eigenvalue weighted by atomic mass is 10.2. The molecule has 0 fully saturated rings. The average molecular weight is 581 g/mol. The van der Waals surface area contributed by atoms with Crippen molar-refractivity contribution < 1.29 is 14.4 Å². The Labute approximate surface area is 217 Å². The fourth-order valence-corrected chi connectivity index (χ4v) is 4.08. The molecule has 0 spiro atoms. The zero-order valence-electron chi connectivity index (χ0n) is 17.0. The van der Waals surface area contributed by atoms with Crippen LogP contribution in [0.3, 0.4) is 0 Å². The first kappa shape index (κ1) is 24.1. The summed E-state index contributed by atoms with van der Waals surface area (Å²) in [5.74, 6) is -2.49. The number of anilines is 2. The van der Waals surface area contributed by atoms with Crippen LogP contribution >= 0.6 is 50.7 Å². The van der Waals surface area contributed by atoms with Gasteiger partial charge in [-0.3, -0.25) is 19.8 Å². The van der Waals surface area contributed by atoms with E-state index < -0.39 is 17.7 Å². The minimum atomic E-state index is -1.01. The highest BCUT2D eigenvalue weighted by Crippen LogP contribution is 2.26. The van der Waals surface area contributed by atoms with Crippen LogP contribution in [0.4, 0.5) is 11.4 Å². The maximum Gasteiger partial charge on any atom is 0.328 e. The molecule has 0 unspecified atom stereocenters. The maximum atomic E-state index is 13.0. The number of carbonyl (C=O) groups excluding carboxylic acids is 3. The third-order valence-electron chi connectivity index (χ3n) is 4.70. The molecule has 172 valence electrons. The predicted molar refractivity (Wildman–Crippen MR) is 139 cm³/mol. The van der Waals surface area contributed by atoms with Crippen molar-refractivity contribution in [3.8, 4) is 0 Å². The number of halogens is 4. The Kier molecular flexibility index (Phi) is 7.13. The molecule has 0 aliphatic rings. The number of nitrogens with one attached hydrogen (secondary N) is 3. The molecule has 1 aromatic heterocycles. The third kappa shape index (κ3) is 5.37. The Morgan fingerprint density at radius 1 is 0.765 bits per heavy atom. The lowest BCUT2D eigenvalue weighted by molar-refractivity contribution is -0.133. The molecule has 3 N–H and O–H groups in total. The summed E-state index contributed by atoms with van der Waals surface area (Å²) in [7, 11) is 0. The number of aromatic nitrogens is 1. The highest BCUT2D eigenvalue weighted by molar-refractivity contribution is 9.10. The topological polar surface area (TPSA) is 92.2 Å². The highest BCUT2D eigenvalue weighted by Gasteiger charge is 2.22. The molecule has 0 radical (unpaired) electrons. The molecule has 3 aromatic carbocycles. The second kappa shape index (κ2) is 10.1. The molecular formula is C23H14BrCl3N4O3. The van der Waals surface area contributed by atoms with Gasteiger partial charge in [0.25, 0.3) is 5.91 Å². The molecule has 1 heterocycles. The van der Waals surface area contributed by atoms with E-state index in [0.29, 0.717) is 26.6 Å². The van der Waals surface area contributed by atoms with Gasteiger partial charge < -0.3 is 10.6 Å². The van der Waals surface area contributed by atoms with E-state index >= 15 is 0 Å². The van der Waals surface area contributed by atoms with E-state index in [1.54, 1.807) is 48.5 Å². The summed E-state index contributed by atoms with van der Waals surface area (Å²) in [4.78, 5) is 38.3. The monoisotopic (exact) mass is 578 g/mol. The van der Waals surface area contributed by atoms with E-state index in [9.17, 15) is 14.4 Å². The molecule has 0 aliphatic carbocycles. The number of amides is 3. The van der Waals surface area contributed by atoms with Crippen LogP contribution in [0.1, 0.15) is 10.5 Å². The first-order chi connectivity index (χ1) is 16.2. The van der Waals surface area contributed by atoms with Crippen LogP contribution < -0.4 is 16.1 Å². The molecule has 7 nitrogen and oxygen atoms in total. The summed E-state index contributed by atoms with van der Waals surface area (Å²) in [5, 5.41) is 6.91. The van der Waals surface area contributed by atoms with E-state index in [4.69, 9.17) is 34.8 Å². The molecule has 3 amide bonds. The third-order valence-corrected chi connectivity index (χ3v) is 5.99. The Bertz CT molecular complexity index is 1440. The molecule has 4 aromatic rings. The second-order valence-electron chi connectivity index (χ2n) is 7.05. The predicted octanol–water partition coefficient (Wildman–Crippen LogP) is 6.33. The van der Waals surface area contributed by atoms with E-state index in [2.05, 4.69) is 32.0 Å². The van der Waals surface area contributed by atoms with Crippen molar-refractivity contribution in [1.29, 1.82) is 0 Å². The van der Waals surface area contributed by atoms with Crippen molar-refractivity contribution >= 4 is 90.7 Å². The van der Waals surface area contributed by atoms with Crippen molar-refractivity contribution in [3.05, 3.63) is 92.0 Å². The minimum absolute atomic E-state index is 0.105. The number of benzene rings is 3. The van der Waals surface area contributed by atoms with E-state index in [0.717, 1.165) is 4.47 Å². The summed E-state index contributed by atoms with van der Waals surface area (Å²) in [6.45, 7) is 0. The van der Waals surface area contributed by atoms with Crippen molar-refractivity contribution in [3.63, 3.8) is 0 Å². The molecule has 0 saturated heterocycles. The Balaban J connectivity index is 1.62. The van der Waals surface area contributed by atoms with Crippen LogP contribution in [0.2, 0.25) is 15.1 Å². The SMILES string of the molecule is O=C(Nc1ccc(Cl)cc1Cl)C(=O)Nn1c(C(=O)Nc2ccc(Cl)cc2)cc2cc(Br)ccc21. The lowest BCUT2D eigenvalue weighted by Gasteiger charge is -2.13. The molecule has 0 aliphatic heterocycles. The standard InChI is InChI=1S/C23H14BrCl3N4O3/c24-13-1-8-19-12(9-13)10-20(21(32)28-16-5-2-14(25)3-6-16)31(19)30-23(34)22(33)29-18-7-4-15(26)11-17(18)27/h1-11H,(H,28,32)(H,29,33)(H,30,34). The second-order valence-corrected chi connectivity index (χ2v) is 9.24. The molecule has 34 heavy (non-hydrogen) atoms. The van der Waals surface area contributed by atoms with E-state index in [1.807, 2.05) is 0 Å². The number of hydrogen-bond acceptors (Lipinski definition) is 3. The summed E-state index contributed by atoms with van der Waals surface area (Å²) >= 11 is 21.2. The first-order valence-corrected chi connectivity index (χ1v) is 11.6. The van der Waals surface area contributed by atoms with Gasteiger partial charge in [0.15, 0.2) is 0 Å². The van der Waals surface area contributed by atoms with Crippen LogP contribution in [0.15, 0.2) is 71.2 Å². The Morgan fingerprint density at radius 3 is 2.18 bits per heavy atom. The quantitative estimate of drug-likeness (QED) is 0.247. The van der Waals surface area contributed by atoms with Gasteiger partial charge in [-0.15, -0.1) is 0 Å². The molecule has 0 bridgehead atoms. The van der Waals surface area contributed by atoms with Crippen LogP contribution in [0.25, 0.3) is 10.9 Å². The normalized spacial score (nSPS) is 10.7. The van der Waals surface area contributed by atoms with Gasteiger partial charge in [-0.05, 0) is 66.7 Å². The van der Waals surface area contributed by atoms with Gasteiger partial charge in [0.1, 0.15) is 5.69 Å². The van der Waals surface area contributed by atoms with Gasteiger partial charge in [-0.1, -0.05) is 50.7 Å². The fourth-order valence-electron chi connectivity index (χ4n) is 3.12. The molecule has 0 atom stereocenters. The number of nitrogens with zero attached hydrogens (tertiary/aromatic N) is 1. The molecular weight excluding hydrogens is 567 g/mol. The van der Waals surface area contributed by atoms with Crippen molar-refractivity contribution in [2.24, 2.45) is 0 Å². The summed E-state index contributed by atoms with van der Waals surface area (Å²) in [6, 6.07) is 17.8. The zero-order chi connectivity index (χ0) is 24.4. The summed E-state index contributed by atoms with van der Waals surface area (Å²) < 4.78 is 2.03. The van der Waals surface area contributed by atoms with Crippen LogP contribution in [-0.2, 0) is 9.59 Å². The van der Waals surface area contributed by atoms with E-state index in [-0.39, 0.29) is 16.4 Å². The molecule has 4 rings (SSSR count). The maximum absolute atomic E-state index is 13.0. The Hall–Kier alpha value is -3.04. The smallest absolute Gasteiger partial charge is 0.321 e. The number of fused-ring (bicyclic) bond motifs is 1. The molecule has 11 heteroatoms. The van der Waals surface area contributed by atoms with Crippen molar-refractivity contribution in [2.45, 2.75) is 0 Å². The lowest BCUT2D eigenvalue weighted by Crippen LogP contribution is -2.36. The minimum Gasteiger partial charge on any atom is -0.321 e. The van der Waals surface area contributed by atoms with Crippen LogP contribution in [0.5, 0.6) is 0 Å². The van der Waals surface area contributed by atoms with Gasteiger partial charge in [-0.2, -0.15) is 0 Å². The van der Waals surface area contributed by atoms with Gasteiger partial charge in [-0.25, -0.2) is 4.68 Å². The van der Waals surface area contributed by atoms with Gasteiger partial charge >= 0.3 is 11.8 Å². The number of carbonyl (C=O) groups is 3. The van der Waals surface area contributed by atoms with E-state index in [1.165, 1.54) is 22.9 Å². The van der Waals surface area contributed by atoms with Gasteiger partial charge in [0.05, 0.1) is 16.2 Å². The highest BCUT2D eigenvalue weighted by atomic mass is 79.9. The largest absolute Gasteiger partial charge is 0.328 e. The average Bonchev–Trinajstić information content (AvgIpc) is 3.14. The number of rotatable bonds is 4. The van der Waals surface area contributed by atoms with Gasteiger partial charge in [0, 0.05) is 25.6 Å². The Morgan fingerprint density at radius 2 is 1.47 bits per heavy atom. The summed E-state index contributed by atoms with van der Waals surface area (Å²) in [6.07, 6.45) is 0.